The summed E-state index contributed by atoms with van der Waals surface area (Å²) in [6.45, 7) is 6.88. The number of halogens is 7. The van der Waals surface area contributed by atoms with Gasteiger partial charge in [-0.25, -0.2) is 19.2 Å². The number of methoxy groups -OCH3 is 2. The molecule has 4 aromatic rings. The third-order valence-corrected chi connectivity index (χ3v) is 9.28. The summed E-state index contributed by atoms with van der Waals surface area (Å²) in [5, 5.41) is 8.37. The second-order valence-electron chi connectivity index (χ2n) is 15.9. The number of carbonyl (C=O) groups is 5. The molecule has 1 saturated carbocycles. The standard InChI is InChI=1S/C44H50BrN3O12.C5H5.F6P.Ru/c1-7-56-41(51)38(47-39(49)37(30-15-20-32(54-5)21-16-30)48-42(52)58-27-29-11-9-8-10-12-29)31-17-22-35(55-6)36(26-31)59-33-18-13-28(14-19-33)25-34(40(50)57-24-23-45)46-43(53)60-44(2,3)4;1-2-4-5-3-1;1-7(2,3,4,5)6;/h8-22,26,34,37-38H,7,23-25,27H2,1-6H3,(H,46,53)(H,47,49)(H,48,52);1-5H;;/q;;-1;+2/t34-,37+,38-;;;/m1.../s1. The number of benzene rings is 4. The first-order valence-corrected chi connectivity index (χ1v) is 24.8. The molecule has 0 aromatic heterocycles. The summed E-state index contributed by atoms with van der Waals surface area (Å²) in [7, 11) is -7.71. The van der Waals surface area contributed by atoms with Gasteiger partial charge in [0.1, 0.15) is 42.4 Å². The molecule has 4 aromatic carbocycles. The van der Waals surface area contributed by atoms with E-state index in [0.29, 0.717) is 33.7 Å². The van der Waals surface area contributed by atoms with Crippen LogP contribution in [0.25, 0.3) is 0 Å². The van der Waals surface area contributed by atoms with Crippen LogP contribution in [-0.2, 0) is 65.8 Å². The van der Waals surface area contributed by atoms with Crippen LogP contribution >= 0.6 is 23.7 Å². The molecule has 1 aliphatic carbocycles. The maximum absolute atomic E-state index is 14.1. The number of ether oxygens (including phenoxy) is 7. The predicted molar refractivity (Wildman–Crippen MR) is 259 cm³/mol. The summed E-state index contributed by atoms with van der Waals surface area (Å²) in [5.74, 6) is -0.730. The van der Waals surface area contributed by atoms with E-state index >= 15 is 0 Å². The maximum Gasteiger partial charge on any atom is 2.00 e. The average Bonchev–Trinajstić information content (AvgIpc) is 3.91. The molecule has 0 bridgehead atoms. The number of esters is 2. The molecule has 3 atom stereocenters. The van der Waals surface area contributed by atoms with Crippen molar-refractivity contribution in [3.63, 3.8) is 0 Å². The van der Waals surface area contributed by atoms with E-state index in [9.17, 15) is 49.2 Å². The van der Waals surface area contributed by atoms with Crippen molar-refractivity contribution in [3.05, 3.63) is 151 Å². The fourth-order valence-electron chi connectivity index (χ4n) is 5.92. The Morgan fingerprint density at radius 1 is 0.616 bits per heavy atom. The van der Waals surface area contributed by atoms with Crippen LogP contribution in [0, 0.1) is 32.1 Å². The van der Waals surface area contributed by atoms with Crippen LogP contribution in [0.4, 0.5) is 34.8 Å². The van der Waals surface area contributed by atoms with Crippen LogP contribution in [0.15, 0.2) is 97.1 Å². The molecule has 0 saturated heterocycles. The quantitative estimate of drug-likeness (QED) is 0.0202. The summed E-state index contributed by atoms with van der Waals surface area (Å²) < 4.78 is 97.6. The second-order valence-corrected chi connectivity index (χ2v) is 18.7. The van der Waals surface area contributed by atoms with E-state index in [-0.39, 0.29) is 57.0 Å². The summed E-state index contributed by atoms with van der Waals surface area (Å²) in [4.78, 5) is 66.0. The van der Waals surface area contributed by atoms with Gasteiger partial charge in [-0.05, 0) is 118 Å². The Labute approximate surface area is 441 Å². The van der Waals surface area contributed by atoms with Crippen molar-refractivity contribution in [2.75, 3.05) is 32.8 Å². The van der Waals surface area contributed by atoms with E-state index in [2.05, 4.69) is 31.9 Å². The minimum Gasteiger partial charge on any atom is -0.0312 e. The first-order chi connectivity index (χ1) is 33.7. The van der Waals surface area contributed by atoms with E-state index in [1.54, 1.807) is 100 Å². The molecule has 1 aliphatic rings. The molecule has 3 amide bonds. The predicted octanol–water partition coefficient (Wildman–Crippen LogP) is 11.7. The third kappa shape index (κ3) is 26.7. The normalized spacial score (nSPS) is 14.0. The molecular weight excluding hydrogens is 1150 g/mol. The van der Waals surface area contributed by atoms with Gasteiger partial charge in [0.2, 0.25) is 5.91 Å². The second kappa shape index (κ2) is 28.7. The van der Waals surface area contributed by atoms with Crippen molar-refractivity contribution in [3.8, 4) is 23.0 Å². The zero-order valence-electron chi connectivity index (χ0n) is 40.2. The van der Waals surface area contributed by atoms with Crippen molar-refractivity contribution in [1.82, 2.24) is 16.0 Å². The first-order valence-electron chi connectivity index (χ1n) is 21.7. The fraction of sp³-hybridized carbons (Fsp3) is 0.306. The Bertz CT molecular complexity index is 2370. The van der Waals surface area contributed by atoms with E-state index in [0.717, 1.165) is 5.56 Å². The van der Waals surface area contributed by atoms with Gasteiger partial charge in [0, 0.05) is 11.8 Å². The van der Waals surface area contributed by atoms with Gasteiger partial charge >= 0.3 is 76.6 Å². The number of amides is 3. The largest absolute Gasteiger partial charge is 2.00 e. The summed E-state index contributed by atoms with van der Waals surface area (Å²) >= 11 is 3.23. The van der Waals surface area contributed by atoms with E-state index in [4.69, 9.17) is 33.2 Å². The number of nitrogens with one attached hydrogen (secondary N) is 3. The number of carbonyl (C=O) groups excluding carboxylic acids is 5. The molecule has 0 aliphatic heterocycles. The molecule has 399 valence electrons. The Morgan fingerprint density at radius 2 is 1.18 bits per heavy atom. The van der Waals surface area contributed by atoms with Crippen molar-refractivity contribution in [2.24, 2.45) is 0 Å². The van der Waals surface area contributed by atoms with E-state index < -0.39 is 61.6 Å². The van der Waals surface area contributed by atoms with Gasteiger partial charge in [-0.15, -0.1) is 0 Å². The van der Waals surface area contributed by atoms with Gasteiger partial charge in [-0.1, -0.05) is 76.6 Å². The van der Waals surface area contributed by atoms with Gasteiger partial charge in [-0.3, -0.25) is 4.79 Å². The topological polar surface area (TPSA) is 186 Å². The molecule has 1 fully saturated rings. The SMILES string of the molecule is CCOC(=O)[C@H](NC(=O)[C@@H](NC(=O)OCc1ccccc1)c1ccc(OC)cc1)c1ccc(OC)c(Oc2ccc(C[C@@H](NC(=O)OC(C)(C)C)C(=O)OCCBr)cc2)c1.F[P-](F)(F)(F)(F)F.[CH]1[CH][CH][CH][CH]1.[Ru+2]. The Balaban J connectivity index is 0.00000124. The van der Waals surface area contributed by atoms with Crippen LogP contribution < -0.4 is 30.2 Å². The van der Waals surface area contributed by atoms with Crippen LogP contribution in [0.2, 0.25) is 0 Å². The summed E-state index contributed by atoms with van der Waals surface area (Å²) in [5.41, 5.74) is 1.32. The fourth-order valence-corrected chi connectivity index (χ4v) is 6.08. The number of alkyl halides is 1. The van der Waals surface area contributed by atoms with Crippen LogP contribution in [0.5, 0.6) is 23.0 Å². The van der Waals surface area contributed by atoms with Gasteiger partial charge in [0.05, 0.1) is 20.8 Å². The van der Waals surface area contributed by atoms with E-state index in [1.807, 2.05) is 50.3 Å². The van der Waals surface area contributed by atoms with Crippen molar-refractivity contribution >= 4 is 53.8 Å². The molecule has 5 rings (SSSR count). The molecule has 5 radical (unpaired) electrons. The minimum atomic E-state index is -10.7. The number of hydrogen-bond donors (Lipinski definition) is 3. The minimum absolute atomic E-state index is 0. The Morgan fingerprint density at radius 3 is 1.70 bits per heavy atom. The molecule has 0 heterocycles. The van der Waals surface area contributed by atoms with Gasteiger partial charge in [-0.2, -0.15) is 0 Å². The smallest absolute Gasteiger partial charge is 0.0312 e. The molecule has 15 nitrogen and oxygen atoms in total. The van der Waals surface area contributed by atoms with Crippen molar-refractivity contribution in [2.45, 2.75) is 64.4 Å². The van der Waals surface area contributed by atoms with Gasteiger partial charge in [0.15, 0.2) is 17.5 Å². The van der Waals surface area contributed by atoms with E-state index in [1.165, 1.54) is 20.3 Å². The Kier molecular flexibility index (Phi) is 25.0. The maximum atomic E-state index is 14.1. The molecule has 0 spiro atoms. The Hall–Kier alpha value is -5.66. The zero-order valence-corrected chi connectivity index (χ0v) is 44.5. The number of hydrogen-bond acceptors (Lipinski definition) is 12. The molecule has 24 heteroatoms. The van der Waals surface area contributed by atoms with Crippen LogP contribution in [-0.4, -0.2) is 74.4 Å². The van der Waals surface area contributed by atoms with Crippen molar-refractivity contribution in [1.29, 1.82) is 0 Å². The number of alkyl carbamates (subject to hydrolysis) is 2. The van der Waals surface area contributed by atoms with Crippen LogP contribution in [0.3, 0.4) is 0 Å². The van der Waals surface area contributed by atoms with Crippen molar-refractivity contribution < 1.29 is 102 Å². The monoisotopic (exact) mass is 1200 g/mol. The third-order valence-electron chi connectivity index (χ3n) is 8.96. The van der Waals surface area contributed by atoms with Gasteiger partial charge in [0.25, 0.3) is 0 Å². The molecular formula is C49H55BrF6N3O12PRu+. The first kappa shape index (κ1) is 63.5. The molecule has 73 heavy (non-hydrogen) atoms. The zero-order chi connectivity index (χ0) is 53.6. The average molecular weight is 1200 g/mol. The summed E-state index contributed by atoms with van der Waals surface area (Å²) in [6.07, 6.45) is 8.47. The molecule has 0 unspecified atom stereocenters. The molecule has 3 N–H and O–H groups in total. The van der Waals surface area contributed by atoms with Gasteiger partial charge < -0.3 is 49.1 Å². The summed E-state index contributed by atoms with van der Waals surface area (Å²) in [6, 6.07) is 23.3. The number of rotatable bonds is 19. The van der Waals surface area contributed by atoms with Crippen LogP contribution in [0.1, 0.15) is 62.0 Å².